The monoisotopic (exact) mass is 557 g/mol. The maximum absolute atomic E-state index is 11.7. The van der Waals surface area contributed by atoms with Gasteiger partial charge in [-0.3, -0.25) is 0 Å². The average molecular weight is 557 g/mol. The molecular formula is C34H68O5. The van der Waals surface area contributed by atoms with Gasteiger partial charge in [0.15, 0.2) is 0 Å². The van der Waals surface area contributed by atoms with Crippen LogP contribution in [0.2, 0.25) is 0 Å². The summed E-state index contributed by atoms with van der Waals surface area (Å²) >= 11 is 0. The van der Waals surface area contributed by atoms with Crippen LogP contribution in [0.15, 0.2) is 0 Å². The highest BCUT2D eigenvalue weighted by Gasteiger charge is 2.09. The van der Waals surface area contributed by atoms with Crippen molar-refractivity contribution in [2.24, 2.45) is 0 Å². The molecule has 0 aromatic heterocycles. The minimum absolute atomic E-state index is 0.337. The van der Waals surface area contributed by atoms with Gasteiger partial charge in [-0.15, -0.1) is 0 Å². The lowest BCUT2D eigenvalue weighted by Crippen LogP contribution is -2.11. The predicted octanol–water partition coefficient (Wildman–Crippen LogP) is 11.2. The van der Waals surface area contributed by atoms with Gasteiger partial charge in [0.25, 0.3) is 0 Å². The van der Waals surface area contributed by atoms with E-state index in [9.17, 15) is 9.59 Å². The highest BCUT2D eigenvalue weighted by molar-refractivity contribution is 5.72. The van der Waals surface area contributed by atoms with E-state index in [2.05, 4.69) is 28.4 Å². The van der Waals surface area contributed by atoms with Crippen molar-refractivity contribution in [3.63, 3.8) is 0 Å². The summed E-state index contributed by atoms with van der Waals surface area (Å²) in [6.07, 6.45) is 33.8. The van der Waals surface area contributed by atoms with E-state index in [4.69, 9.17) is 0 Å². The molecule has 0 aromatic rings. The topological polar surface area (TPSA) is 61.8 Å². The Morgan fingerprint density at radius 1 is 0.359 bits per heavy atom. The van der Waals surface area contributed by atoms with Crippen LogP contribution < -0.4 is 0 Å². The van der Waals surface area contributed by atoms with Gasteiger partial charge in [0.05, 0.1) is 12.8 Å². The Bertz CT molecular complexity index is 438. The van der Waals surface area contributed by atoms with E-state index in [0.29, 0.717) is 12.8 Å². The third-order valence-corrected chi connectivity index (χ3v) is 7.20. The van der Waals surface area contributed by atoms with Crippen molar-refractivity contribution in [2.75, 3.05) is 14.2 Å². The fourth-order valence-corrected chi connectivity index (χ4v) is 4.75. The first-order chi connectivity index (χ1) is 19.1. The number of hydrogen-bond donors (Lipinski definition) is 0. The van der Waals surface area contributed by atoms with E-state index >= 15 is 0 Å². The quantitative estimate of drug-likeness (QED) is 0.0545. The lowest BCUT2D eigenvalue weighted by molar-refractivity contribution is -0.259. The number of hydrogen-bond acceptors (Lipinski definition) is 5. The van der Waals surface area contributed by atoms with Crippen LogP contribution in [0.25, 0.3) is 0 Å². The molecule has 0 aliphatic carbocycles. The van der Waals surface area contributed by atoms with E-state index in [1.54, 1.807) is 14.2 Å². The molecule has 0 fully saturated rings. The Balaban J connectivity index is 0. The van der Waals surface area contributed by atoms with E-state index in [-0.39, 0.29) is 0 Å². The van der Waals surface area contributed by atoms with Gasteiger partial charge in [-0.25, -0.2) is 19.4 Å². The minimum atomic E-state index is -0.420. The summed E-state index contributed by atoms with van der Waals surface area (Å²) in [5.74, 6) is -0.839. The van der Waals surface area contributed by atoms with Crippen LogP contribution in [0.5, 0.6) is 0 Å². The lowest BCUT2D eigenvalue weighted by atomic mass is 10.0. The first kappa shape index (κ1) is 40.0. The normalized spacial score (nSPS) is 10.7. The molecule has 0 amide bonds. The molecule has 0 aliphatic rings. The van der Waals surface area contributed by atoms with E-state index in [1.165, 1.54) is 141 Å². The summed E-state index contributed by atoms with van der Waals surface area (Å²) in [5, 5.41) is 0. The summed E-state index contributed by atoms with van der Waals surface area (Å²) in [6, 6.07) is 0. The zero-order valence-electron chi connectivity index (χ0n) is 26.8. The van der Waals surface area contributed by atoms with E-state index < -0.39 is 11.9 Å². The number of methoxy groups -OCH3 is 1. The molecule has 0 rings (SSSR count). The van der Waals surface area contributed by atoms with Gasteiger partial charge in [0, 0.05) is 14.2 Å². The molecule has 0 atom stereocenters. The van der Waals surface area contributed by atoms with Gasteiger partial charge in [-0.05, 0) is 12.8 Å². The highest BCUT2D eigenvalue weighted by Crippen LogP contribution is 2.14. The molecule has 0 aliphatic heterocycles. The largest absolute Gasteiger partial charge is 0.388 e. The zero-order chi connectivity index (χ0) is 29.1. The Labute approximate surface area is 243 Å². The Hall–Kier alpha value is -1.10. The molecule has 0 radical (unpaired) electrons. The number of ether oxygens (including phenoxy) is 1. The van der Waals surface area contributed by atoms with Crippen LogP contribution in [-0.4, -0.2) is 26.2 Å². The fraction of sp³-hybridized carbons (Fsp3) is 0.941. The summed E-state index contributed by atoms with van der Waals surface area (Å²) in [4.78, 5) is 32.8. The summed E-state index contributed by atoms with van der Waals surface area (Å²) in [7, 11) is 3.25. The molecule has 0 saturated heterocycles. The highest BCUT2D eigenvalue weighted by atomic mass is 17.2. The lowest BCUT2D eigenvalue weighted by Gasteiger charge is -2.05. The van der Waals surface area contributed by atoms with Crippen LogP contribution in [0.4, 0.5) is 0 Å². The van der Waals surface area contributed by atoms with Crippen molar-refractivity contribution in [3.8, 4) is 0 Å². The molecule has 0 bridgehead atoms. The number of unbranched alkanes of at least 4 members (excludes halogenated alkanes) is 24. The number of rotatable bonds is 28. The number of carbonyl (C=O) groups is 2. The Morgan fingerprint density at radius 2 is 0.538 bits per heavy atom. The summed E-state index contributed by atoms with van der Waals surface area (Å²) < 4.78 is 4.25. The summed E-state index contributed by atoms with van der Waals surface area (Å²) in [5.41, 5.74) is 0. The van der Waals surface area contributed by atoms with E-state index in [0.717, 1.165) is 25.7 Å². The van der Waals surface area contributed by atoms with Gasteiger partial charge in [-0.2, -0.15) is 0 Å². The second-order valence-corrected chi connectivity index (χ2v) is 11.3. The van der Waals surface area contributed by atoms with Gasteiger partial charge in [0.2, 0.25) is 0 Å². The minimum Gasteiger partial charge on any atom is -0.388 e. The van der Waals surface area contributed by atoms with Crippen LogP contribution in [0.3, 0.4) is 0 Å². The van der Waals surface area contributed by atoms with Gasteiger partial charge >= 0.3 is 11.9 Å². The molecular weight excluding hydrogens is 488 g/mol. The third-order valence-electron chi connectivity index (χ3n) is 7.20. The van der Waals surface area contributed by atoms with Crippen molar-refractivity contribution in [1.29, 1.82) is 0 Å². The molecule has 0 aromatic carbocycles. The zero-order valence-corrected chi connectivity index (χ0v) is 26.8. The molecule has 39 heavy (non-hydrogen) atoms. The Morgan fingerprint density at radius 3 is 0.744 bits per heavy atom. The van der Waals surface area contributed by atoms with Gasteiger partial charge in [0.1, 0.15) is 0 Å². The van der Waals surface area contributed by atoms with Gasteiger partial charge in [-0.1, -0.05) is 168 Å². The van der Waals surface area contributed by atoms with Crippen molar-refractivity contribution >= 4 is 11.9 Å². The molecule has 5 nitrogen and oxygen atoms in total. The third kappa shape index (κ3) is 39.1. The molecule has 0 saturated carbocycles. The van der Waals surface area contributed by atoms with Gasteiger partial charge < -0.3 is 4.74 Å². The van der Waals surface area contributed by atoms with Crippen LogP contribution in [-0.2, 0) is 24.1 Å². The molecule has 0 N–H and O–H groups in total. The maximum Gasteiger partial charge on any atom is 0.355 e. The van der Waals surface area contributed by atoms with Crippen molar-refractivity contribution in [1.82, 2.24) is 0 Å². The molecule has 0 unspecified atom stereocenters. The average Bonchev–Trinajstić information content (AvgIpc) is 2.93. The van der Waals surface area contributed by atoms with Crippen molar-refractivity contribution in [3.05, 3.63) is 0 Å². The van der Waals surface area contributed by atoms with Crippen LogP contribution >= 0.6 is 0 Å². The molecule has 5 heteroatoms. The smallest absolute Gasteiger partial charge is 0.355 e. The Kier molecular flexibility index (Phi) is 37.9. The second kappa shape index (κ2) is 36.9. The molecule has 234 valence electrons. The molecule has 0 heterocycles. The second-order valence-electron chi connectivity index (χ2n) is 11.3. The first-order valence-corrected chi connectivity index (χ1v) is 16.9. The SMILES string of the molecule is CCCCCCCCCCCCCCCC(=O)OOC(=O)CCCCCCCCCCCCCCC.COC. The fourth-order valence-electron chi connectivity index (χ4n) is 4.75. The molecule has 0 spiro atoms. The van der Waals surface area contributed by atoms with Crippen LogP contribution in [0, 0.1) is 0 Å². The standard InChI is InChI=1S/C32H62O4.C2H6O/c1-3-5-7-9-11-13-15-17-19-21-23-25-27-29-31(33)35-36-32(34)30-28-26-24-22-20-18-16-14-12-10-8-6-4-2;1-3-2/h3-30H2,1-2H3;1-2H3. The van der Waals surface area contributed by atoms with Crippen molar-refractivity contribution < 1.29 is 24.1 Å². The number of carbonyl (C=O) groups excluding carboxylic acids is 2. The van der Waals surface area contributed by atoms with Crippen LogP contribution in [0.1, 0.15) is 194 Å². The predicted molar refractivity (Wildman–Crippen MR) is 166 cm³/mol. The van der Waals surface area contributed by atoms with Crippen molar-refractivity contribution in [2.45, 2.75) is 194 Å². The first-order valence-electron chi connectivity index (χ1n) is 16.9. The maximum atomic E-state index is 11.7. The summed E-state index contributed by atoms with van der Waals surface area (Å²) in [6.45, 7) is 4.53. The van der Waals surface area contributed by atoms with E-state index in [1.807, 2.05) is 0 Å².